The third kappa shape index (κ3) is 3.76. The minimum Gasteiger partial charge on any atom is -0.308 e. The molecular formula is C16H29ClN2S. The summed E-state index contributed by atoms with van der Waals surface area (Å²) in [6.07, 6.45) is 2.24. The first-order chi connectivity index (χ1) is 9.54. The van der Waals surface area contributed by atoms with Gasteiger partial charge in [-0.25, -0.2) is 0 Å². The summed E-state index contributed by atoms with van der Waals surface area (Å²) in [7, 11) is 0. The minimum absolute atomic E-state index is 0.0904. The second-order valence-electron chi connectivity index (χ2n) is 5.40. The van der Waals surface area contributed by atoms with Crippen molar-refractivity contribution in [2.75, 3.05) is 19.6 Å². The maximum absolute atomic E-state index is 6.42. The van der Waals surface area contributed by atoms with Gasteiger partial charge in [-0.3, -0.25) is 4.90 Å². The molecule has 1 aromatic rings. The van der Waals surface area contributed by atoms with Gasteiger partial charge in [0, 0.05) is 10.4 Å². The van der Waals surface area contributed by atoms with Crippen molar-refractivity contribution in [3.05, 3.63) is 21.3 Å². The molecule has 0 radical (unpaired) electrons. The third-order valence-corrected chi connectivity index (χ3v) is 5.75. The molecule has 1 N–H and O–H groups in total. The quantitative estimate of drug-likeness (QED) is 0.693. The first-order valence-corrected chi connectivity index (χ1v) is 9.02. The Morgan fingerprint density at radius 3 is 2.35 bits per heavy atom. The molecule has 0 saturated heterocycles. The van der Waals surface area contributed by atoms with E-state index in [2.05, 4.69) is 50.2 Å². The summed E-state index contributed by atoms with van der Waals surface area (Å²) >= 11 is 8.19. The Morgan fingerprint density at radius 2 is 1.95 bits per heavy atom. The van der Waals surface area contributed by atoms with Crippen molar-refractivity contribution in [1.29, 1.82) is 0 Å². The van der Waals surface area contributed by atoms with E-state index in [4.69, 9.17) is 11.6 Å². The van der Waals surface area contributed by atoms with Crippen molar-refractivity contribution in [3.8, 4) is 0 Å². The Bertz CT molecular complexity index is 390. The van der Waals surface area contributed by atoms with Gasteiger partial charge in [-0.2, -0.15) is 0 Å². The van der Waals surface area contributed by atoms with Crippen LogP contribution in [0, 0.1) is 0 Å². The lowest BCUT2D eigenvalue weighted by Crippen LogP contribution is -2.54. The van der Waals surface area contributed by atoms with Gasteiger partial charge in [-0.05, 0) is 50.8 Å². The molecule has 1 heterocycles. The highest BCUT2D eigenvalue weighted by Gasteiger charge is 2.39. The number of nitrogens with one attached hydrogen (secondary N) is 1. The van der Waals surface area contributed by atoms with Crippen LogP contribution in [0.3, 0.4) is 0 Å². The van der Waals surface area contributed by atoms with Crippen molar-refractivity contribution >= 4 is 22.9 Å². The Balaban J connectivity index is 3.16. The molecule has 2 unspecified atom stereocenters. The molecule has 0 aliphatic rings. The van der Waals surface area contributed by atoms with Crippen LogP contribution in [0.2, 0.25) is 5.02 Å². The lowest BCUT2D eigenvalue weighted by molar-refractivity contribution is 0.0711. The Morgan fingerprint density at radius 1 is 1.30 bits per heavy atom. The zero-order valence-electron chi connectivity index (χ0n) is 13.5. The van der Waals surface area contributed by atoms with Crippen LogP contribution >= 0.6 is 22.9 Å². The number of hydrogen-bond donors (Lipinski definition) is 1. The summed E-state index contributed by atoms with van der Waals surface area (Å²) in [5, 5.41) is 6.73. The summed E-state index contributed by atoms with van der Waals surface area (Å²) in [5.41, 5.74) is 0.0904. The fourth-order valence-corrected chi connectivity index (χ4v) is 4.34. The number of nitrogens with zero attached hydrogens (tertiary/aromatic N) is 1. The van der Waals surface area contributed by atoms with Gasteiger partial charge in [0.05, 0.1) is 11.1 Å². The number of thiophene rings is 1. The standard InChI is InChI=1S/C16H29ClN2S/c1-6-11-18-15(14-13(17)10-12-20-14)16(5,7-2)19(8-3)9-4/h10,12,15,18H,6-9,11H2,1-5H3. The first kappa shape index (κ1) is 18.0. The molecule has 1 aromatic heterocycles. The second kappa shape index (κ2) is 8.38. The van der Waals surface area contributed by atoms with E-state index in [-0.39, 0.29) is 5.54 Å². The van der Waals surface area contributed by atoms with E-state index < -0.39 is 0 Å². The smallest absolute Gasteiger partial charge is 0.0614 e. The SMILES string of the molecule is CCCNC(c1sccc1Cl)C(C)(CC)N(CC)CC. The molecule has 0 saturated carbocycles. The number of hydrogen-bond acceptors (Lipinski definition) is 3. The summed E-state index contributed by atoms with van der Waals surface area (Å²) in [4.78, 5) is 3.83. The molecule has 0 fully saturated rings. The van der Waals surface area contributed by atoms with Crippen molar-refractivity contribution in [2.24, 2.45) is 0 Å². The van der Waals surface area contributed by atoms with Crippen LogP contribution in [0.15, 0.2) is 11.4 Å². The van der Waals surface area contributed by atoms with Crippen LogP contribution in [-0.4, -0.2) is 30.1 Å². The van der Waals surface area contributed by atoms with E-state index in [0.29, 0.717) is 6.04 Å². The highest BCUT2D eigenvalue weighted by atomic mass is 35.5. The van der Waals surface area contributed by atoms with E-state index in [0.717, 1.165) is 37.5 Å². The van der Waals surface area contributed by atoms with E-state index in [1.807, 2.05) is 6.07 Å². The largest absolute Gasteiger partial charge is 0.308 e. The van der Waals surface area contributed by atoms with Crippen molar-refractivity contribution in [2.45, 2.75) is 59.0 Å². The second-order valence-corrected chi connectivity index (χ2v) is 6.76. The minimum atomic E-state index is 0.0904. The predicted molar refractivity (Wildman–Crippen MR) is 92.0 cm³/mol. The van der Waals surface area contributed by atoms with E-state index in [1.54, 1.807) is 11.3 Å². The molecule has 116 valence electrons. The summed E-state index contributed by atoms with van der Waals surface area (Å²) < 4.78 is 0. The van der Waals surface area contributed by atoms with Gasteiger partial charge >= 0.3 is 0 Å². The lowest BCUT2D eigenvalue weighted by atomic mass is 9.85. The van der Waals surface area contributed by atoms with Crippen molar-refractivity contribution in [1.82, 2.24) is 10.2 Å². The van der Waals surface area contributed by atoms with Gasteiger partial charge < -0.3 is 5.32 Å². The monoisotopic (exact) mass is 316 g/mol. The highest BCUT2D eigenvalue weighted by Crippen LogP contribution is 2.39. The molecule has 0 aliphatic heterocycles. The number of halogens is 1. The summed E-state index contributed by atoms with van der Waals surface area (Å²) in [6, 6.07) is 2.31. The lowest BCUT2D eigenvalue weighted by Gasteiger charge is -2.46. The van der Waals surface area contributed by atoms with Crippen LogP contribution in [0.25, 0.3) is 0 Å². The number of likely N-dealkylation sites (N-methyl/N-ethyl adjacent to an activating group) is 1. The molecule has 2 nitrogen and oxygen atoms in total. The molecule has 4 heteroatoms. The summed E-state index contributed by atoms with van der Waals surface area (Å²) in [6.45, 7) is 14.5. The van der Waals surface area contributed by atoms with Gasteiger partial charge in [-0.15, -0.1) is 11.3 Å². The molecule has 1 rings (SSSR count). The Hall–Kier alpha value is -0.0900. The molecular weight excluding hydrogens is 288 g/mol. The van der Waals surface area contributed by atoms with Crippen LogP contribution in [0.1, 0.15) is 58.4 Å². The maximum Gasteiger partial charge on any atom is 0.0614 e. The van der Waals surface area contributed by atoms with E-state index >= 15 is 0 Å². The van der Waals surface area contributed by atoms with Crippen LogP contribution in [0.5, 0.6) is 0 Å². The molecule has 0 bridgehead atoms. The predicted octanol–water partition coefficient (Wildman–Crippen LogP) is 4.95. The van der Waals surface area contributed by atoms with Gasteiger partial charge in [-0.1, -0.05) is 39.3 Å². The van der Waals surface area contributed by atoms with Crippen molar-refractivity contribution < 1.29 is 0 Å². The van der Waals surface area contributed by atoms with Gasteiger partial charge in [0.25, 0.3) is 0 Å². The fourth-order valence-electron chi connectivity index (χ4n) is 2.95. The van der Waals surface area contributed by atoms with Crippen LogP contribution in [-0.2, 0) is 0 Å². The Labute approximate surface area is 133 Å². The van der Waals surface area contributed by atoms with Crippen LogP contribution in [0.4, 0.5) is 0 Å². The maximum atomic E-state index is 6.42. The zero-order valence-corrected chi connectivity index (χ0v) is 15.1. The summed E-state index contributed by atoms with van der Waals surface area (Å²) in [5.74, 6) is 0. The highest BCUT2D eigenvalue weighted by molar-refractivity contribution is 7.10. The molecule has 0 spiro atoms. The molecule has 0 amide bonds. The molecule has 2 atom stereocenters. The average molecular weight is 317 g/mol. The topological polar surface area (TPSA) is 15.3 Å². The third-order valence-electron chi connectivity index (χ3n) is 4.33. The van der Waals surface area contributed by atoms with Crippen LogP contribution < -0.4 is 5.32 Å². The van der Waals surface area contributed by atoms with Gasteiger partial charge in [0.1, 0.15) is 0 Å². The molecule has 20 heavy (non-hydrogen) atoms. The Kier molecular flexibility index (Phi) is 7.52. The average Bonchev–Trinajstić information content (AvgIpc) is 2.86. The first-order valence-electron chi connectivity index (χ1n) is 7.76. The van der Waals surface area contributed by atoms with Crippen molar-refractivity contribution in [3.63, 3.8) is 0 Å². The molecule has 0 aliphatic carbocycles. The normalized spacial score (nSPS) is 16.4. The fraction of sp³-hybridized carbons (Fsp3) is 0.750. The van der Waals surface area contributed by atoms with Gasteiger partial charge in [0.15, 0.2) is 0 Å². The van der Waals surface area contributed by atoms with Gasteiger partial charge in [0.2, 0.25) is 0 Å². The van der Waals surface area contributed by atoms with E-state index in [1.165, 1.54) is 4.88 Å². The zero-order chi connectivity index (χ0) is 15.2. The van der Waals surface area contributed by atoms with E-state index in [9.17, 15) is 0 Å². The molecule has 0 aromatic carbocycles. The number of rotatable bonds is 9.